The number of amides is 1. The Bertz CT molecular complexity index is 1010. The molecule has 0 bridgehead atoms. The second-order valence-electron chi connectivity index (χ2n) is 6.12. The molecule has 0 unspecified atom stereocenters. The molecule has 146 valence electrons. The highest BCUT2D eigenvalue weighted by Gasteiger charge is 2.40. The number of carbonyl (C=O) groups excluding carboxylic acids is 1. The van der Waals surface area contributed by atoms with Gasteiger partial charge in [-0.3, -0.25) is 4.79 Å². The number of halogens is 3. The predicted octanol–water partition coefficient (Wildman–Crippen LogP) is 2.62. The van der Waals surface area contributed by atoms with Crippen LogP contribution in [0.25, 0.3) is 11.3 Å². The van der Waals surface area contributed by atoms with E-state index in [0.717, 1.165) is 4.57 Å². The summed E-state index contributed by atoms with van der Waals surface area (Å²) in [7, 11) is 1.55. The molecule has 0 saturated heterocycles. The fourth-order valence-corrected chi connectivity index (χ4v) is 2.97. The number of methoxy groups -OCH3 is 1. The van der Waals surface area contributed by atoms with Crippen molar-refractivity contribution in [1.82, 2.24) is 24.8 Å². The molecule has 4 rings (SSSR count). The van der Waals surface area contributed by atoms with Gasteiger partial charge in [-0.15, -0.1) is 10.2 Å². The van der Waals surface area contributed by atoms with E-state index in [1.807, 2.05) is 0 Å². The van der Waals surface area contributed by atoms with Crippen LogP contribution in [0.4, 0.5) is 13.2 Å². The zero-order chi connectivity index (χ0) is 19.9. The standard InChI is InChI=1S/C17H14F3N5O3/c1-27-11-4-2-10(3-5-11)13-8-12(23-28-13)15(26)24-6-7-25-14(9-24)21-22-16(25)17(18,19)20/h2-5,8H,6-7,9H2,1H3. The number of hydrogen-bond acceptors (Lipinski definition) is 6. The maximum atomic E-state index is 12.9. The first-order valence-corrected chi connectivity index (χ1v) is 8.26. The van der Waals surface area contributed by atoms with E-state index >= 15 is 0 Å². The van der Waals surface area contributed by atoms with E-state index in [9.17, 15) is 18.0 Å². The lowest BCUT2D eigenvalue weighted by molar-refractivity contribution is -0.147. The lowest BCUT2D eigenvalue weighted by Gasteiger charge is -2.27. The molecular weight excluding hydrogens is 379 g/mol. The summed E-state index contributed by atoms with van der Waals surface area (Å²) < 4.78 is 50.0. The molecule has 1 aliphatic rings. The van der Waals surface area contributed by atoms with Gasteiger partial charge >= 0.3 is 6.18 Å². The van der Waals surface area contributed by atoms with E-state index in [-0.39, 0.29) is 31.2 Å². The molecule has 2 aromatic heterocycles. The van der Waals surface area contributed by atoms with Crippen molar-refractivity contribution in [3.63, 3.8) is 0 Å². The number of fused-ring (bicyclic) bond motifs is 1. The normalized spacial score (nSPS) is 14.1. The van der Waals surface area contributed by atoms with Gasteiger partial charge in [-0.1, -0.05) is 5.16 Å². The van der Waals surface area contributed by atoms with Gasteiger partial charge in [0.05, 0.1) is 13.7 Å². The molecule has 0 fully saturated rings. The summed E-state index contributed by atoms with van der Waals surface area (Å²) in [6.07, 6.45) is -4.59. The maximum Gasteiger partial charge on any atom is 0.451 e. The molecule has 0 radical (unpaired) electrons. The summed E-state index contributed by atoms with van der Waals surface area (Å²) in [4.78, 5) is 14.0. The number of aromatic nitrogens is 4. The highest BCUT2D eigenvalue weighted by molar-refractivity contribution is 5.93. The van der Waals surface area contributed by atoms with Crippen molar-refractivity contribution < 1.29 is 27.2 Å². The highest BCUT2D eigenvalue weighted by Crippen LogP contribution is 2.30. The van der Waals surface area contributed by atoms with E-state index in [1.165, 1.54) is 11.0 Å². The number of benzene rings is 1. The predicted molar refractivity (Wildman–Crippen MR) is 88.3 cm³/mol. The van der Waals surface area contributed by atoms with Crippen LogP contribution in [-0.2, 0) is 19.3 Å². The Hall–Kier alpha value is -3.37. The van der Waals surface area contributed by atoms with Crippen LogP contribution in [0.2, 0.25) is 0 Å². The van der Waals surface area contributed by atoms with Crippen molar-refractivity contribution in [1.29, 1.82) is 0 Å². The third-order valence-corrected chi connectivity index (χ3v) is 4.40. The van der Waals surface area contributed by atoms with E-state index in [4.69, 9.17) is 9.26 Å². The van der Waals surface area contributed by atoms with Crippen molar-refractivity contribution in [2.75, 3.05) is 13.7 Å². The molecule has 0 spiro atoms. The molecule has 3 aromatic rings. The fraction of sp³-hybridized carbons (Fsp3) is 0.294. The number of carbonyl (C=O) groups is 1. The number of rotatable bonds is 3. The van der Waals surface area contributed by atoms with Crippen molar-refractivity contribution in [3.05, 3.63) is 47.7 Å². The van der Waals surface area contributed by atoms with Crippen LogP contribution in [0.3, 0.4) is 0 Å². The smallest absolute Gasteiger partial charge is 0.451 e. The summed E-state index contributed by atoms with van der Waals surface area (Å²) in [5.74, 6) is -0.365. The van der Waals surface area contributed by atoms with Gasteiger partial charge in [0.1, 0.15) is 5.75 Å². The highest BCUT2D eigenvalue weighted by atomic mass is 19.4. The first-order chi connectivity index (χ1) is 13.4. The zero-order valence-corrected chi connectivity index (χ0v) is 14.6. The van der Waals surface area contributed by atoms with Crippen molar-refractivity contribution in [2.24, 2.45) is 0 Å². The van der Waals surface area contributed by atoms with Crippen molar-refractivity contribution >= 4 is 5.91 Å². The summed E-state index contributed by atoms with van der Waals surface area (Å²) >= 11 is 0. The van der Waals surface area contributed by atoms with Crippen LogP contribution in [0.5, 0.6) is 5.75 Å². The third-order valence-electron chi connectivity index (χ3n) is 4.40. The number of nitrogens with zero attached hydrogens (tertiary/aromatic N) is 5. The summed E-state index contributed by atoms with van der Waals surface area (Å²) in [5, 5.41) is 10.6. The first kappa shape index (κ1) is 18.0. The van der Waals surface area contributed by atoms with Crippen LogP contribution in [0.15, 0.2) is 34.9 Å². The first-order valence-electron chi connectivity index (χ1n) is 8.26. The van der Waals surface area contributed by atoms with Gasteiger partial charge in [-0.2, -0.15) is 13.2 Å². The average Bonchev–Trinajstić information content (AvgIpc) is 3.34. The van der Waals surface area contributed by atoms with E-state index in [1.54, 1.807) is 31.4 Å². The maximum absolute atomic E-state index is 12.9. The van der Waals surface area contributed by atoms with Gasteiger partial charge in [-0.05, 0) is 24.3 Å². The topological polar surface area (TPSA) is 86.3 Å². The average molecular weight is 393 g/mol. The molecule has 1 aliphatic heterocycles. The Kier molecular flexibility index (Phi) is 4.28. The minimum atomic E-state index is -4.59. The molecule has 8 nitrogen and oxygen atoms in total. The minimum absolute atomic E-state index is 0.0495. The Balaban J connectivity index is 1.51. The van der Waals surface area contributed by atoms with Gasteiger partial charge in [0.15, 0.2) is 17.3 Å². The summed E-state index contributed by atoms with van der Waals surface area (Å²) in [6, 6.07) is 8.50. The van der Waals surface area contributed by atoms with Gasteiger partial charge in [0, 0.05) is 24.7 Å². The van der Waals surface area contributed by atoms with Crippen LogP contribution in [-0.4, -0.2) is 44.4 Å². The minimum Gasteiger partial charge on any atom is -0.497 e. The molecule has 11 heteroatoms. The van der Waals surface area contributed by atoms with Crippen molar-refractivity contribution in [2.45, 2.75) is 19.3 Å². The van der Waals surface area contributed by atoms with Gasteiger partial charge in [0.25, 0.3) is 5.91 Å². The lowest BCUT2D eigenvalue weighted by atomic mass is 10.1. The number of hydrogen-bond donors (Lipinski definition) is 0. The molecule has 3 heterocycles. The quantitative estimate of drug-likeness (QED) is 0.680. The van der Waals surface area contributed by atoms with E-state index in [2.05, 4.69) is 15.4 Å². The van der Waals surface area contributed by atoms with Crippen LogP contribution >= 0.6 is 0 Å². The van der Waals surface area contributed by atoms with Gasteiger partial charge < -0.3 is 18.7 Å². The summed E-state index contributed by atoms with van der Waals surface area (Å²) in [6.45, 7) is -0.0591. The molecule has 0 aliphatic carbocycles. The SMILES string of the molecule is COc1ccc(-c2cc(C(=O)N3CCn4c(nnc4C(F)(F)F)C3)no2)cc1. The fourth-order valence-electron chi connectivity index (χ4n) is 2.97. The van der Waals surface area contributed by atoms with Crippen LogP contribution < -0.4 is 4.74 Å². The van der Waals surface area contributed by atoms with Crippen LogP contribution in [0, 0.1) is 0 Å². The van der Waals surface area contributed by atoms with Crippen LogP contribution in [0.1, 0.15) is 22.1 Å². The zero-order valence-electron chi connectivity index (χ0n) is 14.6. The third kappa shape index (κ3) is 3.19. The van der Waals surface area contributed by atoms with E-state index < -0.39 is 17.9 Å². The monoisotopic (exact) mass is 393 g/mol. The molecular formula is C17H14F3N5O3. The largest absolute Gasteiger partial charge is 0.497 e. The summed E-state index contributed by atoms with van der Waals surface area (Å²) in [5.41, 5.74) is 0.774. The Morgan fingerprint density at radius 1 is 1.18 bits per heavy atom. The van der Waals surface area contributed by atoms with E-state index in [0.29, 0.717) is 17.1 Å². The van der Waals surface area contributed by atoms with Gasteiger partial charge in [-0.25, -0.2) is 0 Å². The van der Waals surface area contributed by atoms with Gasteiger partial charge in [0.2, 0.25) is 5.82 Å². The second kappa shape index (κ2) is 6.66. The Morgan fingerprint density at radius 2 is 1.93 bits per heavy atom. The Morgan fingerprint density at radius 3 is 2.61 bits per heavy atom. The number of ether oxygens (including phenoxy) is 1. The molecule has 0 atom stereocenters. The molecule has 1 amide bonds. The molecule has 0 N–H and O–H groups in total. The molecule has 0 saturated carbocycles. The molecule has 28 heavy (non-hydrogen) atoms. The Labute approximate surface area is 156 Å². The second-order valence-corrected chi connectivity index (χ2v) is 6.12. The lowest BCUT2D eigenvalue weighted by Crippen LogP contribution is -2.39. The number of alkyl halides is 3. The molecule has 1 aromatic carbocycles. The van der Waals surface area contributed by atoms with Crippen molar-refractivity contribution in [3.8, 4) is 17.1 Å².